The van der Waals surface area contributed by atoms with Crippen LogP contribution in [0.5, 0.6) is 0 Å². The summed E-state index contributed by atoms with van der Waals surface area (Å²) in [6, 6.07) is 5.65. The number of rotatable bonds is 6. The van der Waals surface area contributed by atoms with Gasteiger partial charge in [0.2, 0.25) is 10.0 Å². The largest absolute Gasteiger partial charge is 0.331 e. The summed E-state index contributed by atoms with van der Waals surface area (Å²) in [6.45, 7) is 8.74. The van der Waals surface area contributed by atoms with Crippen LogP contribution in [0.15, 0.2) is 29.2 Å². The molecule has 1 aromatic carbocycles. The molecule has 0 atom stereocenters. The number of imide groups is 1. The molecule has 0 bridgehead atoms. The maximum absolute atomic E-state index is 13.2. The third kappa shape index (κ3) is 6.34. The Kier molecular flexibility index (Phi) is 8.79. The number of piperidine rings is 1. The van der Waals surface area contributed by atoms with Crippen molar-refractivity contribution in [3.63, 3.8) is 0 Å². The van der Waals surface area contributed by atoms with Crippen LogP contribution in [0, 0.1) is 5.92 Å². The van der Waals surface area contributed by atoms with Crippen LogP contribution < -0.4 is 10.6 Å². The van der Waals surface area contributed by atoms with E-state index in [0.717, 1.165) is 29.8 Å². The van der Waals surface area contributed by atoms with Gasteiger partial charge in [-0.05, 0) is 68.9 Å². The van der Waals surface area contributed by atoms with Gasteiger partial charge in [-0.15, -0.1) is 11.3 Å². The Labute approximate surface area is 234 Å². The molecule has 1 saturated heterocycles. The minimum atomic E-state index is -3.63. The summed E-state index contributed by atoms with van der Waals surface area (Å²) >= 11 is 1.33. The summed E-state index contributed by atoms with van der Waals surface area (Å²) in [6.07, 6.45) is 2.28. The van der Waals surface area contributed by atoms with Crippen LogP contribution in [0.2, 0.25) is 0 Å². The molecular formula is C27H37N5O5S2. The van der Waals surface area contributed by atoms with Gasteiger partial charge >= 0.3 is 6.03 Å². The SMILES string of the molecule is CC1CCN(S(=O)(=O)c2ccc(C(=O)Nc3sc4c(c3C(=O)NC(=O)N(C)C)CCN(C(C)C)C4)cc2)CC1. The maximum Gasteiger partial charge on any atom is 0.323 e. The predicted molar refractivity (Wildman–Crippen MR) is 152 cm³/mol. The lowest BCUT2D eigenvalue weighted by Gasteiger charge is -2.30. The summed E-state index contributed by atoms with van der Waals surface area (Å²) in [4.78, 5) is 43.3. The van der Waals surface area contributed by atoms with Crippen molar-refractivity contribution in [2.75, 3.05) is 39.0 Å². The molecule has 10 nitrogen and oxygen atoms in total. The molecule has 2 N–H and O–H groups in total. The summed E-state index contributed by atoms with van der Waals surface area (Å²) in [7, 11) is -0.535. The molecule has 2 aliphatic heterocycles. The van der Waals surface area contributed by atoms with E-state index in [0.29, 0.717) is 48.6 Å². The Hall–Kier alpha value is -2.80. The summed E-state index contributed by atoms with van der Waals surface area (Å²) in [5, 5.41) is 5.62. The van der Waals surface area contributed by atoms with E-state index in [9.17, 15) is 22.8 Å². The average Bonchev–Trinajstić information content (AvgIpc) is 3.25. The second-order valence-corrected chi connectivity index (χ2v) is 13.8. The second-order valence-electron chi connectivity index (χ2n) is 10.7. The van der Waals surface area contributed by atoms with E-state index in [1.165, 1.54) is 44.8 Å². The number of thiophene rings is 1. The first kappa shape index (κ1) is 29.2. The van der Waals surface area contributed by atoms with Crippen molar-refractivity contribution in [2.24, 2.45) is 5.92 Å². The zero-order valence-electron chi connectivity index (χ0n) is 23.1. The van der Waals surface area contributed by atoms with Crippen molar-refractivity contribution in [3.8, 4) is 0 Å². The number of sulfonamides is 1. The van der Waals surface area contributed by atoms with Crippen molar-refractivity contribution >= 4 is 44.2 Å². The van der Waals surface area contributed by atoms with Gasteiger partial charge in [0.15, 0.2) is 0 Å². The van der Waals surface area contributed by atoms with E-state index in [2.05, 4.69) is 36.3 Å². The number of hydrogen-bond donors (Lipinski definition) is 2. The standard InChI is InChI=1S/C27H37N5O5S2/c1-17(2)31-13-12-21-22(16-31)38-26(23(21)25(34)29-27(35)30(4)5)28-24(33)19-6-8-20(9-7-19)39(36,37)32-14-10-18(3)11-15-32/h6-9,17-18H,10-16H2,1-5H3,(H,28,33)(H,29,34,35). The van der Waals surface area contributed by atoms with E-state index in [-0.39, 0.29) is 10.5 Å². The Morgan fingerprint density at radius 3 is 2.26 bits per heavy atom. The summed E-state index contributed by atoms with van der Waals surface area (Å²) in [5.74, 6) is -0.512. The first-order valence-electron chi connectivity index (χ1n) is 13.2. The number of urea groups is 1. The molecule has 0 spiro atoms. The highest BCUT2D eigenvalue weighted by atomic mass is 32.2. The fourth-order valence-electron chi connectivity index (χ4n) is 4.79. The Morgan fingerprint density at radius 1 is 1.03 bits per heavy atom. The molecule has 4 rings (SSSR count). The number of nitrogens with zero attached hydrogens (tertiary/aromatic N) is 3. The first-order chi connectivity index (χ1) is 18.4. The third-order valence-electron chi connectivity index (χ3n) is 7.39. The monoisotopic (exact) mass is 575 g/mol. The molecule has 212 valence electrons. The van der Waals surface area contributed by atoms with Crippen LogP contribution in [-0.2, 0) is 23.0 Å². The van der Waals surface area contributed by atoms with Gasteiger partial charge in [0.1, 0.15) is 5.00 Å². The molecule has 0 unspecified atom stereocenters. The zero-order chi connectivity index (χ0) is 28.5. The molecule has 3 heterocycles. The highest BCUT2D eigenvalue weighted by molar-refractivity contribution is 7.89. The molecule has 0 aliphatic carbocycles. The van der Waals surface area contributed by atoms with Gasteiger partial charge in [0, 0.05) is 56.8 Å². The fourth-order valence-corrected chi connectivity index (χ4v) is 7.53. The number of amides is 4. The zero-order valence-corrected chi connectivity index (χ0v) is 24.7. The van der Waals surface area contributed by atoms with Crippen LogP contribution in [0.1, 0.15) is 64.8 Å². The smallest absolute Gasteiger partial charge is 0.323 e. The first-order valence-corrected chi connectivity index (χ1v) is 15.5. The van der Waals surface area contributed by atoms with Crippen LogP contribution in [0.4, 0.5) is 9.80 Å². The fraction of sp³-hybridized carbons (Fsp3) is 0.519. The number of hydrogen-bond acceptors (Lipinski definition) is 7. The van der Waals surface area contributed by atoms with Gasteiger partial charge < -0.3 is 10.2 Å². The van der Waals surface area contributed by atoms with E-state index in [1.807, 2.05) is 0 Å². The lowest BCUT2D eigenvalue weighted by molar-refractivity contribution is 0.0956. The summed E-state index contributed by atoms with van der Waals surface area (Å²) < 4.78 is 27.6. The minimum absolute atomic E-state index is 0.149. The maximum atomic E-state index is 13.2. The van der Waals surface area contributed by atoms with Crippen LogP contribution in [0.3, 0.4) is 0 Å². The van der Waals surface area contributed by atoms with Crippen molar-refractivity contribution in [1.29, 1.82) is 0 Å². The number of benzene rings is 1. The van der Waals surface area contributed by atoms with Gasteiger partial charge in [-0.25, -0.2) is 13.2 Å². The normalized spacial score (nSPS) is 17.1. The van der Waals surface area contributed by atoms with Gasteiger partial charge in [-0.2, -0.15) is 4.31 Å². The number of anilines is 1. The molecule has 39 heavy (non-hydrogen) atoms. The molecule has 2 aromatic rings. The molecule has 12 heteroatoms. The van der Waals surface area contributed by atoms with E-state index in [1.54, 1.807) is 14.1 Å². The molecule has 1 fully saturated rings. The van der Waals surface area contributed by atoms with Crippen LogP contribution in [0.25, 0.3) is 0 Å². The van der Waals surface area contributed by atoms with Crippen molar-refractivity contribution in [2.45, 2.75) is 57.5 Å². The second kappa shape index (κ2) is 11.7. The molecule has 0 saturated carbocycles. The molecule has 4 amide bonds. The number of carbonyl (C=O) groups excluding carboxylic acids is 3. The van der Waals surface area contributed by atoms with Crippen molar-refractivity contribution in [3.05, 3.63) is 45.8 Å². The number of carbonyl (C=O) groups is 3. The molecule has 0 radical (unpaired) electrons. The van der Waals surface area contributed by atoms with Crippen molar-refractivity contribution < 1.29 is 22.8 Å². The topological polar surface area (TPSA) is 119 Å². The lowest BCUT2D eigenvalue weighted by atomic mass is 10.0. The molecular weight excluding hydrogens is 538 g/mol. The van der Waals surface area contributed by atoms with Crippen LogP contribution >= 0.6 is 11.3 Å². The molecule has 2 aliphatic rings. The Bertz CT molecular complexity index is 1340. The third-order valence-corrected chi connectivity index (χ3v) is 10.4. The molecule has 1 aromatic heterocycles. The average molecular weight is 576 g/mol. The minimum Gasteiger partial charge on any atom is -0.331 e. The lowest BCUT2D eigenvalue weighted by Crippen LogP contribution is -2.40. The Balaban J connectivity index is 1.57. The van der Waals surface area contributed by atoms with E-state index < -0.39 is 27.9 Å². The van der Waals surface area contributed by atoms with E-state index >= 15 is 0 Å². The van der Waals surface area contributed by atoms with Crippen molar-refractivity contribution in [1.82, 2.24) is 19.4 Å². The van der Waals surface area contributed by atoms with Gasteiger partial charge in [-0.3, -0.25) is 19.8 Å². The summed E-state index contributed by atoms with van der Waals surface area (Å²) in [5.41, 5.74) is 1.42. The Morgan fingerprint density at radius 2 is 1.67 bits per heavy atom. The highest BCUT2D eigenvalue weighted by Gasteiger charge is 2.31. The number of fused-ring (bicyclic) bond motifs is 1. The van der Waals surface area contributed by atoms with Gasteiger partial charge in [0.25, 0.3) is 11.8 Å². The quantitative estimate of drug-likeness (QED) is 0.543. The van der Waals surface area contributed by atoms with E-state index in [4.69, 9.17) is 0 Å². The predicted octanol–water partition coefficient (Wildman–Crippen LogP) is 3.60. The highest BCUT2D eigenvalue weighted by Crippen LogP contribution is 2.38. The van der Waals surface area contributed by atoms with Gasteiger partial charge in [0.05, 0.1) is 10.5 Å². The van der Waals surface area contributed by atoms with Crippen LogP contribution in [-0.4, -0.2) is 80.1 Å². The number of nitrogens with one attached hydrogen (secondary N) is 2. The van der Waals surface area contributed by atoms with Gasteiger partial charge in [-0.1, -0.05) is 6.92 Å².